The van der Waals surface area contributed by atoms with Crippen molar-refractivity contribution >= 4 is 22.7 Å². The number of hydrogen-bond donors (Lipinski definition) is 2. The number of nitrogens with one attached hydrogen (secondary N) is 2. The predicted octanol–water partition coefficient (Wildman–Crippen LogP) is 3.34. The Balaban J connectivity index is 1.26. The van der Waals surface area contributed by atoms with E-state index in [9.17, 15) is 9.59 Å². The molecule has 160 valence electrons. The molecule has 1 aliphatic carbocycles. The van der Waals surface area contributed by atoms with Gasteiger partial charge in [-0.2, -0.15) is 0 Å². The minimum absolute atomic E-state index is 0.0930. The number of ether oxygens (including phenoxy) is 1. The molecule has 1 saturated carbocycles. The second kappa shape index (κ2) is 8.46. The summed E-state index contributed by atoms with van der Waals surface area (Å²) in [5, 5.41) is 4.12. The van der Waals surface area contributed by atoms with Crippen LogP contribution in [0.25, 0.3) is 10.9 Å². The highest BCUT2D eigenvalue weighted by Crippen LogP contribution is 2.26. The van der Waals surface area contributed by atoms with E-state index in [1.807, 2.05) is 47.5 Å². The lowest BCUT2D eigenvalue weighted by Crippen LogP contribution is -2.33. The topological polar surface area (TPSA) is 74.4 Å². The van der Waals surface area contributed by atoms with Gasteiger partial charge in [0.25, 0.3) is 0 Å². The maximum Gasteiger partial charge on any atom is 0.227 e. The Morgan fingerprint density at radius 3 is 2.90 bits per heavy atom. The summed E-state index contributed by atoms with van der Waals surface area (Å²) in [7, 11) is 0. The van der Waals surface area contributed by atoms with Crippen molar-refractivity contribution in [2.75, 3.05) is 13.2 Å². The zero-order valence-corrected chi connectivity index (χ0v) is 17.5. The molecule has 6 heteroatoms. The van der Waals surface area contributed by atoms with Gasteiger partial charge < -0.3 is 19.9 Å². The van der Waals surface area contributed by atoms with Crippen molar-refractivity contribution in [2.24, 2.45) is 0 Å². The van der Waals surface area contributed by atoms with Gasteiger partial charge in [-0.1, -0.05) is 30.3 Å². The van der Waals surface area contributed by atoms with Crippen LogP contribution >= 0.6 is 0 Å². The summed E-state index contributed by atoms with van der Waals surface area (Å²) < 4.78 is 5.90. The van der Waals surface area contributed by atoms with Crippen LogP contribution < -0.4 is 10.1 Å². The van der Waals surface area contributed by atoms with Crippen LogP contribution in [0.4, 0.5) is 0 Å². The Morgan fingerprint density at radius 2 is 2.03 bits per heavy atom. The lowest BCUT2D eigenvalue weighted by molar-refractivity contribution is -0.131. The highest BCUT2D eigenvalue weighted by atomic mass is 16.5. The molecule has 3 aromatic rings. The Hall–Kier alpha value is -3.28. The number of rotatable bonds is 6. The average Bonchev–Trinajstić information content (AvgIpc) is 3.54. The van der Waals surface area contributed by atoms with E-state index in [0.29, 0.717) is 45.0 Å². The van der Waals surface area contributed by atoms with Crippen LogP contribution in [0.1, 0.15) is 36.0 Å². The van der Waals surface area contributed by atoms with Gasteiger partial charge in [0.15, 0.2) is 0 Å². The lowest BCUT2D eigenvalue weighted by atomic mass is 10.0. The summed E-state index contributed by atoms with van der Waals surface area (Å²) in [4.78, 5) is 30.2. The van der Waals surface area contributed by atoms with Gasteiger partial charge >= 0.3 is 0 Å². The van der Waals surface area contributed by atoms with Gasteiger partial charge in [0.2, 0.25) is 11.8 Å². The Labute approximate surface area is 181 Å². The number of para-hydroxylation sites is 1. The molecule has 0 atom stereocenters. The van der Waals surface area contributed by atoms with Crippen LogP contribution in [0.15, 0.2) is 48.7 Å². The number of nitrogens with zero attached hydrogens (tertiary/aromatic N) is 1. The van der Waals surface area contributed by atoms with Crippen molar-refractivity contribution in [3.63, 3.8) is 0 Å². The number of aromatic amines is 1. The second-order valence-electron chi connectivity index (χ2n) is 8.48. The number of aryl methyl sites for hydroxylation is 1. The minimum atomic E-state index is 0.0930. The molecule has 0 unspecified atom stereocenters. The van der Waals surface area contributed by atoms with Crippen LogP contribution in [0.2, 0.25) is 0 Å². The van der Waals surface area contributed by atoms with E-state index >= 15 is 0 Å². The zero-order chi connectivity index (χ0) is 21.2. The first-order valence-electron chi connectivity index (χ1n) is 11.0. The molecule has 1 aliphatic heterocycles. The maximum atomic E-state index is 13.1. The third kappa shape index (κ3) is 4.58. The van der Waals surface area contributed by atoms with Gasteiger partial charge in [0.1, 0.15) is 12.4 Å². The van der Waals surface area contributed by atoms with Crippen LogP contribution in [-0.4, -0.2) is 40.9 Å². The van der Waals surface area contributed by atoms with Crippen LogP contribution in [0, 0.1) is 0 Å². The highest BCUT2D eigenvalue weighted by Gasteiger charge is 2.23. The summed E-state index contributed by atoms with van der Waals surface area (Å²) in [5.41, 5.74) is 4.16. The highest BCUT2D eigenvalue weighted by molar-refractivity contribution is 5.89. The average molecular weight is 418 g/mol. The first kappa shape index (κ1) is 19.7. The van der Waals surface area contributed by atoms with E-state index in [1.165, 1.54) is 0 Å². The number of fused-ring (bicyclic) bond motifs is 2. The molecule has 2 aliphatic rings. The number of benzene rings is 2. The van der Waals surface area contributed by atoms with Gasteiger partial charge in [0, 0.05) is 41.7 Å². The monoisotopic (exact) mass is 417 g/mol. The molecule has 0 radical (unpaired) electrons. The molecule has 2 amide bonds. The van der Waals surface area contributed by atoms with E-state index in [0.717, 1.165) is 46.2 Å². The van der Waals surface area contributed by atoms with Gasteiger partial charge in [-0.05, 0) is 42.5 Å². The van der Waals surface area contributed by atoms with E-state index in [1.54, 1.807) is 0 Å². The second-order valence-corrected chi connectivity index (χ2v) is 8.48. The van der Waals surface area contributed by atoms with Crippen molar-refractivity contribution in [1.82, 2.24) is 15.2 Å². The van der Waals surface area contributed by atoms with Crippen molar-refractivity contribution in [1.29, 1.82) is 0 Å². The van der Waals surface area contributed by atoms with Crippen molar-refractivity contribution < 1.29 is 14.3 Å². The molecule has 0 bridgehead atoms. The quantitative estimate of drug-likeness (QED) is 0.646. The van der Waals surface area contributed by atoms with Gasteiger partial charge in [-0.3, -0.25) is 9.59 Å². The molecule has 2 heterocycles. The Morgan fingerprint density at radius 1 is 1.16 bits per heavy atom. The van der Waals surface area contributed by atoms with Gasteiger partial charge in [0.05, 0.1) is 13.0 Å². The Bertz CT molecular complexity index is 1120. The molecule has 5 rings (SSSR count). The lowest BCUT2D eigenvalue weighted by Gasteiger charge is -2.20. The van der Waals surface area contributed by atoms with E-state index in [4.69, 9.17) is 4.74 Å². The summed E-state index contributed by atoms with van der Waals surface area (Å²) in [6.07, 6.45) is 5.67. The first-order chi connectivity index (χ1) is 15.2. The molecule has 1 fully saturated rings. The SMILES string of the molecule is O=C(CCc1ccc2c(c1)CN(C(=O)Cc1c[nH]c3ccccc13)CCO2)NC1CC1. The normalized spacial score (nSPS) is 15.8. The largest absolute Gasteiger partial charge is 0.491 e. The van der Waals surface area contributed by atoms with Crippen LogP contribution in [0.5, 0.6) is 5.75 Å². The van der Waals surface area contributed by atoms with Gasteiger partial charge in [-0.25, -0.2) is 0 Å². The molecule has 6 nitrogen and oxygen atoms in total. The number of amides is 2. The summed E-state index contributed by atoms with van der Waals surface area (Å²) in [5.74, 6) is 1.04. The number of H-pyrrole nitrogens is 1. The fourth-order valence-electron chi connectivity index (χ4n) is 4.15. The molecule has 0 spiro atoms. The van der Waals surface area contributed by atoms with Crippen molar-refractivity contribution in [3.8, 4) is 5.75 Å². The number of carbonyl (C=O) groups is 2. The summed E-state index contributed by atoms with van der Waals surface area (Å²) in [6, 6.07) is 14.5. The van der Waals surface area contributed by atoms with E-state index in [-0.39, 0.29) is 11.8 Å². The smallest absolute Gasteiger partial charge is 0.227 e. The van der Waals surface area contributed by atoms with Crippen molar-refractivity contribution in [2.45, 2.75) is 44.7 Å². The molecular formula is C25H27N3O3. The van der Waals surface area contributed by atoms with Crippen LogP contribution in [0.3, 0.4) is 0 Å². The van der Waals surface area contributed by atoms with Gasteiger partial charge in [-0.15, -0.1) is 0 Å². The first-order valence-corrected chi connectivity index (χ1v) is 11.0. The fourth-order valence-corrected chi connectivity index (χ4v) is 4.15. The molecular weight excluding hydrogens is 390 g/mol. The van der Waals surface area contributed by atoms with E-state index in [2.05, 4.69) is 16.4 Å². The zero-order valence-electron chi connectivity index (χ0n) is 17.5. The summed E-state index contributed by atoms with van der Waals surface area (Å²) in [6.45, 7) is 1.57. The number of hydrogen-bond acceptors (Lipinski definition) is 3. The number of aromatic nitrogens is 1. The minimum Gasteiger partial charge on any atom is -0.491 e. The maximum absolute atomic E-state index is 13.1. The predicted molar refractivity (Wildman–Crippen MR) is 119 cm³/mol. The van der Waals surface area contributed by atoms with Crippen molar-refractivity contribution in [3.05, 3.63) is 65.4 Å². The Kier molecular flexibility index (Phi) is 5.37. The molecule has 31 heavy (non-hydrogen) atoms. The molecule has 1 aromatic heterocycles. The fraction of sp³-hybridized carbons (Fsp3) is 0.360. The summed E-state index contributed by atoms with van der Waals surface area (Å²) >= 11 is 0. The molecule has 2 aromatic carbocycles. The molecule has 2 N–H and O–H groups in total. The third-order valence-corrected chi connectivity index (χ3v) is 6.06. The third-order valence-electron chi connectivity index (χ3n) is 6.06. The molecule has 0 saturated heterocycles. The van der Waals surface area contributed by atoms with E-state index < -0.39 is 0 Å². The standard InChI is InChI=1S/C25H27N3O3/c29-24(27-20-7-8-20)10-6-17-5-9-23-19(13-17)16-28(11-12-31-23)25(30)14-18-15-26-22-4-2-1-3-21(18)22/h1-5,9,13,15,20,26H,6-8,10-12,14,16H2,(H,27,29). The number of carbonyl (C=O) groups excluding carboxylic acids is 2. The van der Waals surface area contributed by atoms with Crippen LogP contribution in [-0.2, 0) is 29.0 Å².